The maximum Gasteiger partial charge on any atom is 0.224 e. The van der Waals surface area contributed by atoms with Crippen molar-refractivity contribution in [3.8, 4) is 0 Å². The van der Waals surface area contributed by atoms with Gasteiger partial charge in [-0.25, -0.2) is 9.97 Å². The van der Waals surface area contributed by atoms with Gasteiger partial charge in [-0.2, -0.15) is 5.10 Å². The molecule has 3 rings (SSSR count). The second-order valence-electron chi connectivity index (χ2n) is 7.28. The second-order valence-corrected chi connectivity index (χ2v) is 7.28. The molecule has 26 heavy (non-hydrogen) atoms. The van der Waals surface area contributed by atoms with Crippen LogP contribution in [0.3, 0.4) is 0 Å². The van der Waals surface area contributed by atoms with Gasteiger partial charge in [0.1, 0.15) is 5.82 Å². The fourth-order valence-electron chi connectivity index (χ4n) is 3.55. The topological polar surface area (TPSA) is 67.2 Å². The summed E-state index contributed by atoms with van der Waals surface area (Å²) in [6.45, 7) is 6.05. The number of aryl methyl sites for hydroxylation is 3. The van der Waals surface area contributed by atoms with Crippen molar-refractivity contribution >= 4 is 5.91 Å². The summed E-state index contributed by atoms with van der Waals surface area (Å²) in [4.78, 5) is 26.0. The molecule has 7 nitrogen and oxygen atoms in total. The quantitative estimate of drug-likeness (QED) is 0.793. The fourth-order valence-corrected chi connectivity index (χ4v) is 3.55. The first-order valence-corrected chi connectivity index (χ1v) is 9.20. The first-order valence-electron chi connectivity index (χ1n) is 9.20. The summed E-state index contributed by atoms with van der Waals surface area (Å²) in [5.74, 6) is 0.932. The largest absolute Gasteiger partial charge is 0.334 e. The Morgan fingerprint density at radius 2 is 2.15 bits per heavy atom. The van der Waals surface area contributed by atoms with Crippen LogP contribution >= 0.6 is 0 Å². The molecule has 1 aliphatic rings. The number of likely N-dealkylation sites (tertiary alicyclic amines) is 1. The van der Waals surface area contributed by atoms with E-state index in [9.17, 15) is 4.79 Å². The lowest BCUT2D eigenvalue weighted by Gasteiger charge is -2.27. The molecule has 0 bridgehead atoms. The highest BCUT2D eigenvalue weighted by atomic mass is 16.2. The molecule has 0 spiro atoms. The summed E-state index contributed by atoms with van der Waals surface area (Å²) in [5.41, 5.74) is 3.08. The highest BCUT2D eigenvalue weighted by molar-refractivity contribution is 5.77. The van der Waals surface area contributed by atoms with Crippen molar-refractivity contribution in [2.75, 3.05) is 20.6 Å². The van der Waals surface area contributed by atoms with Crippen molar-refractivity contribution in [2.45, 2.75) is 52.2 Å². The molecule has 7 heteroatoms. The monoisotopic (exact) mass is 356 g/mol. The number of nitrogens with zero attached hydrogens (tertiary/aromatic N) is 6. The second kappa shape index (κ2) is 7.95. The average molecular weight is 356 g/mol. The molecule has 1 fully saturated rings. The van der Waals surface area contributed by atoms with E-state index in [1.807, 2.05) is 56.0 Å². The summed E-state index contributed by atoms with van der Waals surface area (Å²) >= 11 is 0. The molecule has 1 aliphatic heterocycles. The van der Waals surface area contributed by atoms with Crippen LogP contribution in [0.4, 0.5) is 0 Å². The van der Waals surface area contributed by atoms with Gasteiger partial charge >= 0.3 is 0 Å². The molecule has 0 radical (unpaired) electrons. The number of rotatable bonds is 6. The molecule has 0 N–H and O–H groups in total. The van der Waals surface area contributed by atoms with Crippen LogP contribution in [0, 0.1) is 13.8 Å². The minimum atomic E-state index is 0.0542. The Kier molecular flexibility index (Phi) is 5.66. The van der Waals surface area contributed by atoms with Crippen LogP contribution in [0.5, 0.6) is 0 Å². The molecule has 2 aromatic heterocycles. The molecule has 1 atom stereocenters. The van der Waals surface area contributed by atoms with E-state index in [1.54, 1.807) is 0 Å². The Morgan fingerprint density at radius 3 is 2.85 bits per heavy atom. The summed E-state index contributed by atoms with van der Waals surface area (Å²) in [6, 6.07) is 2.01. The Bertz CT molecular complexity index is 769. The van der Waals surface area contributed by atoms with Gasteiger partial charge in [0, 0.05) is 44.0 Å². The van der Waals surface area contributed by atoms with E-state index in [2.05, 4.69) is 15.0 Å². The normalized spacial score (nSPS) is 17.3. The van der Waals surface area contributed by atoms with E-state index < -0.39 is 0 Å². The number of aromatic nitrogens is 4. The van der Waals surface area contributed by atoms with Crippen molar-refractivity contribution in [1.82, 2.24) is 29.5 Å². The summed E-state index contributed by atoms with van der Waals surface area (Å²) in [6.07, 6.45) is 6.27. The molecular weight excluding hydrogens is 328 g/mol. The fraction of sp³-hybridized carbons (Fsp3) is 0.579. The summed E-state index contributed by atoms with van der Waals surface area (Å²) in [5, 5.41) is 4.36. The lowest BCUT2D eigenvalue weighted by molar-refractivity contribution is -0.132. The standard InChI is InChI=1S/C19H28N6O/c1-14-7-10-24(22-14)11-8-18(26)25-9-5-6-17(25)19-16(13-23(3)4)12-20-15(2)21-19/h7,10,12,17H,5-6,8-9,11,13H2,1-4H3/t17-/m1/s1. The van der Waals surface area contributed by atoms with E-state index in [-0.39, 0.29) is 11.9 Å². The lowest BCUT2D eigenvalue weighted by atomic mass is 10.1. The SMILES string of the molecule is Cc1ccn(CCC(=O)N2CCC[C@@H]2c2nc(C)ncc2CN(C)C)n1. The zero-order chi connectivity index (χ0) is 18.7. The third kappa shape index (κ3) is 4.27. The number of amides is 1. The molecule has 1 saturated heterocycles. The van der Waals surface area contributed by atoms with Crippen LogP contribution in [0.1, 0.15) is 48.1 Å². The highest BCUT2D eigenvalue weighted by Gasteiger charge is 2.32. The van der Waals surface area contributed by atoms with Crippen LogP contribution in [-0.4, -0.2) is 56.1 Å². The van der Waals surface area contributed by atoms with Gasteiger partial charge in [0.15, 0.2) is 0 Å². The maximum absolute atomic E-state index is 12.9. The van der Waals surface area contributed by atoms with Crippen LogP contribution in [0.2, 0.25) is 0 Å². The number of carbonyl (C=O) groups excluding carboxylic acids is 1. The van der Waals surface area contributed by atoms with Gasteiger partial charge in [0.05, 0.1) is 17.4 Å². The minimum absolute atomic E-state index is 0.0542. The molecule has 3 heterocycles. The molecule has 0 aromatic carbocycles. The maximum atomic E-state index is 12.9. The van der Waals surface area contributed by atoms with Crippen molar-refractivity contribution in [2.24, 2.45) is 0 Å². The Morgan fingerprint density at radius 1 is 1.35 bits per heavy atom. The third-order valence-corrected chi connectivity index (χ3v) is 4.72. The zero-order valence-electron chi connectivity index (χ0n) is 16.1. The summed E-state index contributed by atoms with van der Waals surface area (Å²) in [7, 11) is 4.07. The zero-order valence-corrected chi connectivity index (χ0v) is 16.1. The van der Waals surface area contributed by atoms with Gasteiger partial charge in [-0.3, -0.25) is 9.48 Å². The van der Waals surface area contributed by atoms with E-state index in [4.69, 9.17) is 4.98 Å². The van der Waals surface area contributed by atoms with Crippen molar-refractivity contribution in [1.29, 1.82) is 0 Å². The molecule has 0 aliphatic carbocycles. The predicted octanol–water partition coefficient (Wildman–Crippen LogP) is 2.11. The van der Waals surface area contributed by atoms with Gasteiger partial charge in [-0.1, -0.05) is 0 Å². The Hall–Kier alpha value is -2.28. The molecule has 1 amide bonds. The van der Waals surface area contributed by atoms with E-state index in [0.717, 1.165) is 48.7 Å². The van der Waals surface area contributed by atoms with Gasteiger partial charge in [-0.05, 0) is 46.9 Å². The van der Waals surface area contributed by atoms with Gasteiger partial charge < -0.3 is 9.80 Å². The first-order chi connectivity index (χ1) is 12.4. The number of carbonyl (C=O) groups is 1. The van der Waals surface area contributed by atoms with Crippen LogP contribution in [-0.2, 0) is 17.9 Å². The van der Waals surface area contributed by atoms with Crippen molar-refractivity contribution in [3.63, 3.8) is 0 Å². The summed E-state index contributed by atoms with van der Waals surface area (Å²) < 4.78 is 1.84. The number of hydrogen-bond acceptors (Lipinski definition) is 5. The van der Waals surface area contributed by atoms with Crippen LogP contribution < -0.4 is 0 Å². The predicted molar refractivity (Wildman–Crippen MR) is 99.4 cm³/mol. The van der Waals surface area contributed by atoms with Crippen LogP contribution in [0.25, 0.3) is 0 Å². The lowest BCUT2D eigenvalue weighted by Crippen LogP contribution is -2.32. The molecular formula is C19H28N6O. The van der Waals surface area contributed by atoms with Gasteiger partial charge in [-0.15, -0.1) is 0 Å². The average Bonchev–Trinajstić information content (AvgIpc) is 3.23. The van der Waals surface area contributed by atoms with Gasteiger partial charge in [0.2, 0.25) is 5.91 Å². The molecule has 140 valence electrons. The van der Waals surface area contributed by atoms with Crippen molar-refractivity contribution in [3.05, 3.63) is 41.2 Å². The molecule has 0 saturated carbocycles. The smallest absolute Gasteiger partial charge is 0.224 e. The first kappa shape index (κ1) is 18.5. The minimum Gasteiger partial charge on any atom is -0.334 e. The third-order valence-electron chi connectivity index (χ3n) is 4.72. The Balaban J connectivity index is 1.75. The van der Waals surface area contributed by atoms with Gasteiger partial charge in [0.25, 0.3) is 0 Å². The highest BCUT2D eigenvalue weighted by Crippen LogP contribution is 2.33. The molecule has 0 unspecified atom stereocenters. The van der Waals surface area contributed by atoms with Crippen molar-refractivity contribution < 1.29 is 4.79 Å². The Labute approximate surface area is 155 Å². The van der Waals surface area contributed by atoms with E-state index >= 15 is 0 Å². The van der Waals surface area contributed by atoms with E-state index in [1.165, 1.54) is 0 Å². The molecule has 2 aromatic rings. The van der Waals surface area contributed by atoms with Crippen LogP contribution in [0.15, 0.2) is 18.5 Å². The number of hydrogen-bond donors (Lipinski definition) is 0. The van der Waals surface area contributed by atoms with E-state index in [0.29, 0.717) is 13.0 Å².